The number of rotatable bonds is 3. The Hall–Kier alpha value is -1.75. The van der Waals surface area contributed by atoms with Gasteiger partial charge in [0, 0.05) is 19.7 Å². The molecule has 1 heterocycles. The number of aromatic nitrogens is 2. The second kappa shape index (κ2) is 4.63. The van der Waals surface area contributed by atoms with E-state index in [1.807, 2.05) is 0 Å². The van der Waals surface area contributed by atoms with Crippen molar-refractivity contribution in [2.24, 2.45) is 7.05 Å². The van der Waals surface area contributed by atoms with Crippen LogP contribution in [0.5, 0.6) is 0 Å². The van der Waals surface area contributed by atoms with Crippen molar-refractivity contribution >= 4 is 0 Å². The maximum absolute atomic E-state index is 13.4. The van der Waals surface area contributed by atoms with Gasteiger partial charge >= 0.3 is 0 Å². The second-order valence-electron chi connectivity index (χ2n) is 3.88. The van der Waals surface area contributed by atoms with Crippen molar-refractivity contribution in [3.8, 4) is 0 Å². The summed E-state index contributed by atoms with van der Waals surface area (Å²) in [6.07, 6.45) is 2.18. The SMILES string of the molecule is Cn1cc(CC(O)c2c(F)cccc2F)cn1. The van der Waals surface area contributed by atoms with Crippen molar-refractivity contribution in [3.05, 3.63) is 53.4 Å². The predicted octanol–water partition coefficient (Wildman–Crippen LogP) is 1.97. The number of hydrogen-bond donors (Lipinski definition) is 1. The summed E-state index contributed by atoms with van der Waals surface area (Å²) in [5, 5.41) is 13.8. The standard InChI is InChI=1S/C12H12F2N2O/c1-16-7-8(6-15-16)5-11(17)12-9(13)3-2-4-10(12)14/h2-4,6-7,11,17H,5H2,1H3. The monoisotopic (exact) mass is 238 g/mol. The number of halogens is 2. The number of aliphatic hydroxyl groups excluding tert-OH is 1. The van der Waals surface area contributed by atoms with Gasteiger partial charge in [-0.3, -0.25) is 4.68 Å². The first kappa shape index (κ1) is 11.7. The van der Waals surface area contributed by atoms with E-state index in [0.717, 1.165) is 17.7 Å². The third-order valence-electron chi connectivity index (χ3n) is 2.52. The van der Waals surface area contributed by atoms with Gasteiger partial charge in [-0.05, 0) is 17.7 Å². The van der Waals surface area contributed by atoms with Crippen molar-refractivity contribution in [2.45, 2.75) is 12.5 Å². The molecule has 17 heavy (non-hydrogen) atoms. The lowest BCUT2D eigenvalue weighted by Gasteiger charge is -2.11. The minimum Gasteiger partial charge on any atom is -0.388 e. The van der Waals surface area contributed by atoms with E-state index in [2.05, 4.69) is 5.10 Å². The zero-order valence-corrected chi connectivity index (χ0v) is 9.27. The summed E-state index contributed by atoms with van der Waals surface area (Å²) in [6, 6.07) is 3.53. The van der Waals surface area contributed by atoms with Crippen molar-refractivity contribution in [1.82, 2.24) is 9.78 Å². The molecule has 0 saturated carbocycles. The highest BCUT2D eigenvalue weighted by Gasteiger charge is 2.18. The summed E-state index contributed by atoms with van der Waals surface area (Å²) < 4.78 is 28.3. The van der Waals surface area contributed by atoms with Crippen LogP contribution in [0.1, 0.15) is 17.2 Å². The maximum atomic E-state index is 13.4. The topological polar surface area (TPSA) is 38.0 Å². The van der Waals surface area contributed by atoms with Crippen molar-refractivity contribution in [3.63, 3.8) is 0 Å². The highest BCUT2D eigenvalue weighted by Crippen LogP contribution is 2.23. The molecule has 0 aliphatic rings. The van der Waals surface area contributed by atoms with Crippen LogP contribution in [0.2, 0.25) is 0 Å². The lowest BCUT2D eigenvalue weighted by atomic mass is 10.0. The summed E-state index contributed by atoms with van der Waals surface area (Å²) >= 11 is 0. The largest absolute Gasteiger partial charge is 0.388 e. The molecule has 0 aliphatic heterocycles. The van der Waals surface area contributed by atoms with E-state index in [0.29, 0.717) is 0 Å². The highest BCUT2D eigenvalue weighted by atomic mass is 19.1. The van der Waals surface area contributed by atoms with Gasteiger partial charge < -0.3 is 5.11 Å². The Morgan fingerprint density at radius 2 is 2.00 bits per heavy atom. The van der Waals surface area contributed by atoms with Crippen LogP contribution in [0.3, 0.4) is 0 Å². The fraction of sp³-hybridized carbons (Fsp3) is 0.250. The van der Waals surface area contributed by atoms with Gasteiger partial charge in [0.1, 0.15) is 11.6 Å². The Morgan fingerprint density at radius 1 is 1.35 bits per heavy atom. The number of nitrogens with zero attached hydrogens (tertiary/aromatic N) is 2. The highest BCUT2D eigenvalue weighted by molar-refractivity contribution is 5.23. The molecule has 90 valence electrons. The van der Waals surface area contributed by atoms with Gasteiger partial charge in [-0.1, -0.05) is 6.07 Å². The lowest BCUT2D eigenvalue weighted by Crippen LogP contribution is -2.06. The Balaban J connectivity index is 2.22. The van der Waals surface area contributed by atoms with E-state index in [-0.39, 0.29) is 12.0 Å². The van der Waals surface area contributed by atoms with E-state index in [9.17, 15) is 13.9 Å². The Morgan fingerprint density at radius 3 is 2.53 bits per heavy atom. The summed E-state index contributed by atoms with van der Waals surface area (Å²) in [4.78, 5) is 0. The molecule has 1 aromatic heterocycles. The minimum absolute atomic E-state index is 0.131. The molecule has 0 bridgehead atoms. The molecule has 1 atom stereocenters. The van der Waals surface area contributed by atoms with E-state index in [4.69, 9.17) is 0 Å². The fourth-order valence-corrected chi connectivity index (χ4v) is 1.73. The molecular formula is C12H12F2N2O. The van der Waals surface area contributed by atoms with Crippen molar-refractivity contribution < 1.29 is 13.9 Å². The molecule has 2 aromatic rings. The molecule has 3 nitrogen and oxygen atoms in total. The normalized spacial score (nSPS) is 12.7. The number of hydrogen-bond acceptors (Lipinski definition) is 2. The first-order chi connectivity index (χ1) is 8.08. The van der Waals surface area contributed by atoms with Crippen LogP contribution in [0, 0.1) is 11.6 Å². The molecule has 1 unspecified atom stereocenters. The Labute approximate surface area is 97.3 Å². The van der Waals surface area contributed by atoms with Gasteiger partial charge in [-0.2, -0.15) is 5.10 Å². The molecule has 1 aromatic carbocycles. The summed E-state index contributed by atoms with van der Waals surface area (Å²) in [6.45, 7) is 0. The van der Waals surface area contributed by atoms with Gasteiger partial charge in [0.2, 0.25) is 0 Å². The Kier molecular flexibility index (Phi) is 3.19. The maximum Gasteiger partial charge on any atom is 0.131 e. The predicted molar refractivity (Wildman–Crippen MR) is 58.2 cm³/mol. The summed E-state index contributed by atoms with van der Waals surface area (Å²) in [7, 11) is 1.74. The van der Waals surface area contributed by atoms with Crippen LogP contribution in [-0.4, -0.2) is 14.9 Å². The number of aliphatic hydroxyl groups is 1. The van der Waals surface area contributed by atoms with Crippen LogP contribution >= 0.6 is 0 Å². The molecule has 0 saturated heterocycles. The van der Waals surface area contributed by atoms with Crippen LogP contribution in [-0.2, 0) is 13.5 Å². The van der Waals surface area contributed by atoms with Gasteiger partial charge in [0.25, 0.3) is 0 Å². The third-order valence-corrected chi connectivity index (χ3v) is 2.52. The Bertz CT molecular complexity index is 505. The molecule has 0 fully saturated rings. The fourth-order valence-electron chi connectivity index (χ4n) is 1.73. The molecule has 2 rings (SSSR count). The lowest BCUT2D eigenvalue weighted by molar-refractivity contribution is 0.168. The van der Waals surface area contributed by atoms with Crippen LogP contribution in [0.15, 0.2) is 30.6 Å². The first-order valence-electron chi connectivity index (χ1n) is 5.17. The van der Waals surface area contributed by atoms with Crippen LogP contribution < -0.4 is 0 Å². The van der Waals surface area contributed by atoms with Gasteiger partial charge in [-0.25, -0.2) is 8.78 Å². The van der Waals surface area contributed by atoms with Crippen molar-refractivity contribution in [2.75, 3.05) is 0 Å². The first-order valence-corrected chi connectivity index (χ1v) is 5.17. The zero-order chi connectivity index (χ0) is 12.4. The molecular weight excluding hydrogens is 226 g/mol. The average molecular weight is 238 g/mol. The summed E-state index contributed by atoms with van der Waals surface area (Å²) in [5.74, 6) is -1.47. The van der Waals surface area contributed by atoms with Crippen molar-refractivity contribution in [1.29, 1.82) is 0 Å². The number of benzene rings is 1. The van der Waals surface area contributed by atoms with E-state index in [1.54, 1.807) is 24.1 Å². The zero-order valence-electron chi connectivity index (χ0n) is 9.27. The average Bonchev–Trinajstić information content (AvgIpc) is 2.63. The minimum atomic E-state index is -1.21. The number of aryl methyl sites for hydroxylation is 1. The van der Waals surface area contributed by atoms with E-state index < -0.39 is 17.7 Å². The van der Waals surface area contributed by atoms with Crippen LogP contribution in [0.4, 0.5) is 8.78 Å². The summed E-state index contributed by atoms with van der Waals surface area (Å²) in [5.41, 5.74) is 0.430. The molecule has 5 heteroatoms. The third kappa shape index (κ3) is 2.50. The van der Waals surface area contributed by atoms with E-state index in [1.165, 1.54) is 6.07 Å². The molecule has 0 radical (unpaired) electrons. The molecule has 1 N–H and O–H groups in total. The molecule has 0 spiro atoms. The van der Waals surface area contributed by atoms with Gasteiger partial charge in [0.15, 0.2) is 0 Å². The van der Waals surface area contributed by atoms with Crippen LogP contribution in [0.25, 0.3) is 0 Å². The quantitative estimate of drug-likeness (QED) is 0.887. The van der Waals surface area contributed by atoms with Gasteiger partial charge in [-0.15, -0.1) is 0 Å². The van der Waals surface area contributed by atoms with Gasteiger partial charge in [0.05, 0.1) is 17.9 Å². The molecule has 0 aliphatic carbocycles. The molecule has 0 amide bonds. The van der Waals surface area contributed by atoms with E-state index >= 15 is 0 Å². The second-order valence-corrected chi connectivity index (χ2v) is 3.88. The smallest absolute Gasteiger partial charge is 0.131 e.